The van der Waals surface area contributed by atoms with E-state index in [0.29, 0.717) is 0 Å². The van der Waals surface area contributed by atoms with Gasteiger partial charge < -0.3 is 9.64 Å². The molecule has 3 nitrogen and oxygen atoms in total. The Morgan fingerprint density at radius 3 is 2.93 bits per heavy atom. The third-order valence-corrected chi connectivity index (χ3v) is 2.85. The minimum absolute atomic E-state index is 0.0218. The molecule has 0 fully saturated rings. The number of rotatable bonds is 1. The lowest BCUT2D eigenvalue weighted by Gasteiger charge is -2.26. The van der Waals surface area contributed by atoms with E-state index in [-0.39, 0.29) is 17.8 Å². The second kappa shape index (κ2) is 3.77. The topological polar surface area (TPSA) is 29.5 Å². The lowest BCUT2D eigenvalue weighted by molar-refractivity contribution is -0.120. The molecule has 0 radical (unpaired) electrons. The highest BCUT2D eigenvalue weighted by atomic mass is 32.1. The van der Waals surface area contributed by atoms with Gasteiger partial charge in [0.15, 0.2) is 6.61 Å². The maximum atomic E-state index is 11.4. The molecule has 0 bridgehead atoms. The van der Waals surface area contributed by atoms with E-state index in [4.69, 9.17) is 4.74 Å². The molecule has 4 heteroatoms. The number of benzene rings is 1. The zero-order valence-corrected chi connectivity index (χ0v) is 9.62. The van der Waals surface area contributed by atoms with Crippen LogP contribution in [0.25, 0.3) is 0 Å². The summed E-state index contributed by atoms with van der Waals surface area (Å²) in [6.07, 6.45) is 0. The molecule has 0 aromatic heterocycles. The number of carbonyl (C=O) groups excluding carboxylic acids is 1. The normalized spacial score (nSPS) is 17.0. The number of hydrogen-bond donors (Lipinski definition) is 1. The summed E-state index contributed by atoms with van der Waals surface area (Å²) in [7, 11) is 1.76. The predicted molar refractivity (Wildman–Crippen MR) is 62.7 cm³/mol. The van der Waals surface area contributed by atoms with Crippen LogP contribution in [0.1, 0.15) is 17.7 Å². The smallest absolute Gasteiger partial charge is 0.264 e. The van der Waals surface area contributed by atoms with Crippen molar-refractivity contribution in [2.75, 3.05) is 18.6 Å². The number of carbonyl (C=O) groups is 1. The average molecular weight is 223 g/mol. The summed E-state index contributed by atoms with van der Waals surface area (Å²) in [5.74, 6) is 0.737. The monoisotopic (exact) mass is 223 g/mol. The van der Waals surface area contributed by atoms with Gasteiger partial charge in [-0.15, -0.1) is 0 Å². The highest BCUT2D eigenvalue weighted by molar-refractivity contribution is 7.80. The molecule has 0 saturated heterocycles. The number of thiol groups is 1. The summed E-state index contributed by atoms with van der Waals surface area (Å²) >= 11 is 4.36. The van der Waals surface area contributed by atoms with Gasteiger partial charge in [-0.2, -0.15) is 12.6 Å². The summed E-state index contributed by atoms with van der Waals surface area (Å²) in [6, 6.07) is 5.81. The Kier molecular flexibility index (Phi) is 2.61. The Balaban J connectivity index is 2.45. The van der Waals surface area contributed by atoms with Crippen molar-refractivity contribution in [3.63, 3.8) is 0 Å². The lowest BCUT2D eigenvalue weighted by atomic mass is 10.1. The molecule has 1 aliphatic heterocycles. The maximum absolute atomic E-state index is 11.4. The quantitative estimate of drug-likeness (QED) is 0.738. The summed E-state index contributed by atoms with van der Waals surface area (Å²) in [6.45, 7) is 2.12. The molecule has 0 spiro atoms. The van der Waals surface area contributed by atoms with Crippen LogP contribution >= 0.6 is 12.6 Å². The summed E-state index contributed by atoms with van der Waals surface area (Å²) < 4.78 is 5.32. The van der Waals surface area contributed by atoms with Crippen molar-refractivity contribution >= 4 is 24.2 Å². The van der Waals surface area contributed by atoms with Gasteiger partial charge >= 0.3 is 0 Å². The molecule has 1 aliphatic rings. The largest absolute Gasteiger partial charge is 0.482 e. The van der Waals surface area contributed by atoms with Crippen molar-refractivity contribution in [1.29, 1.82) is 0 Å². The standard InChI is InChI=1S/C11H13NO2S/c1-7(15)8-3-4-10-9(5-8)12(2)11(13)6-14-10/h3-5,7,15H,6H2,1-2H3. The van der Waals surface area contributed by atoms with E-state index in [1.54, 1.807) is 11.9 Å². The zero-order chi connectivity index (χ0) is 11.0. The lowest BCUT2D eigenvalue weighted by Crippen LogP contribution is -2.35. The molecular weight excluding hydrogens is 210 g/mol. The van der Waals surface area contributed by atoms with E-state index >= 15 is 0 Å². The molecule has 1 unspecified atom stereocenters. The van der Waals surface area contributed by atoms with Crippen LogP contribution in [0.3, 0.4) is 0 Å². The fraction of sp³-hybridized carbons (Fsp3) is 0.364. The van der Waals surface area contributed by atoms with E-state index in [1.807, 2.05) is 25.1 Å². The van der Waals surface area contributed by atoms with Gasteiger partial charge in [-0.3, -0.25) is 4.79 Å². The van der Waals surface area contributed by atoms with Gasteiger partial charge in [0.1, 0.15) is 5.75 Å². The predicted octanol–water partition coefficient (Wildman–Crippen LogP) is 2.03. The van der Waals surface area contributed by atoms with E-state index < -0.39 is 0 Å². The molecular formula is C11H13NO2S. The van der Waals surface area contributed by atoms with Crippen molar-refractivity contribution < 1.29 is 9.53 Å². The molecule has 15 heavy (non-hydrogen) atoms. The van der Waals surface area contributed by atoms with Crippen LogP contribution in [0.4, 0.5) is 5.69 Å². The number of amides is 1. The molecule has 2 rings (SSSR count). The van der Waals surface area contributed by atoms with Crippen molar-refractivity contribution in [2.24, 2.45) is 0 Å². The van der Waals surface area contributed by atoms with Crippen LogP contribution < -0.4 is 9.64 Å². The SMILES string of the molecule is CC(S)c1ccc2c(c1)N(C)C(=O)CO2. The van der Waals surface area contributed by atoms with E-state index in [1.165, 1.54) is 0 Å². The molecule has 1 atom stereocenters. The van der Waals surface area contributed by atoms with Crippen LogP contribution in [0, 0.1) is 0 Å². The minimum Gasteiger partial charge on any atom is -0.482 e. The Morgan fingerprint density at radius 1 is 1.53 bits per heavy atom. The Labute approximate surface area is 94.4 Å². The number of likely N-dealkylation sites (N-methyl/N-ethyl adjacent to an activating group) is 1. The number of ether oxygens (including phenoxy) is 1. The molecule has 1 aromatic rings. The van der Waals surface area contributed by atoms with Crippen molar-refractivity contribution in [3.05, 3.63) is 23.8 Å². The molecule has 0 N–H and O–H groups in total. The maximum Gasteiger partial charge on any atom is 0.264 e. The van der Waals surface area contributed by atoms with Gasteiger partial charge in [0, 0.05) is 12.3 Å². The molecule has 80 valence electrons. The molecule has 1 heterocycles. The zero-order valence-electron chi connectivity index (χ0n) is 8.73. The highest BCUT2D eigenvalue weighted by Gasteiger charge is 2.22. The van der Waals surface area contributed by atoms with Gasteiger partial charge in [0.25, 0.3) is 5.91 Å². The average Bonchev–Trinajstić information content (AvgIpc) is 2.23. The van der Waals surface area contributed by atoms with Crippen molar-refractivity contribution in [3.8, 4) is 5.75 Å². The molecule has 0 saturated carbocycles. The van der Waals surface area contributed by atoms with E-state index in [9.17, 15) is 4.79 Å². The van der Waals surface area contributed by atoms with Crippen LogP contribution in [0.2, 0.25) is 0 Å². The molecule has 0 aliphatic carbocycles. The Morgan fingerprint density at radius 2 is 2.27 bits per heavy atom. The second-order valence-electron chi connectivity index (χ2n) is 3.64. The van der Waals surface area contributed by atoms with Crippen molar-refractivity contribution in [2.45, 2.75) is 12.2 Å². The third kappa shape index (κ3) is 1.81. The third-order valence-electron chi connectivity index (χ3n) is 2.55. The Bertz CT molecular complexity index is 404. The van der Waals surface area contributed by atoms with E-state index in [2.05, 4.69) is 12.6 Å². The fourth-order valence-corrected chi connectivity index (χ4v) is 1.71. The first-order chi connectivity index (χ1) is 7.09. The summed E-state index contributed by atoms with van der Waals surface area (Å²) in [4.78, 5) is 13.0. The van der Waals surface area contributed by atoms with Crippen LogP contribution in [0.15, 0.2) is 18.2 Å². The Hall–Kier alpha value is -1.16. The number of nitrogens with zero attached hydrogens (tertiary/aromatic N) is 1. The van der Waals surface area contributed by atoms with Gasteiger partial charge in [0.05, 0.1) is 5.69 Å². The van der Waals surface area contributed by atoms with Crippen LogP contribution in [0.5, 0.6) is 5.75 Å². The van der Waals surface area contributed by atoms with Gasteiger partial charge in [-0.25, -0.2) is 0 Å². The number of fused-ring (bicyclic) bond motifs is 1. The first kappa shape index (κ1) is 10.4. The molecule has 1 amide bonds. The van der Waals surface area contributed by atoms with E-state index in [0.717, 1.165) is 17.0 Å². The summed E-state index contributed by atoms with van der Waals surface area (Å²) in [5.41, 5.74) is 1.91. The molecule has 1 aromatic carbocycles. The minimum atomic E-state index is -0.0218. The van der Waals surface area contributed by atoms with Gasteiger partial charge in [-0.1, -0.05) is 6.07 Å². The van der Waals surface area contributed by atoms with Gasteiger partial charge in [0.2, 0.25) is 0 Å². The first-order valence-corrected chi connectivity index (χ1v) is 5.32. The van der Waals surface area contributed by atoms with Crippen molar-refractivity contribution in [1.82, 2.24) is 0 Å². The number of anilines is 1. The first-order valence-electron chi connectivity index (χ1n) is 4.81. The number of hydrogen-bond acceptors (Lipinski definition) is 3. The fourth-order valence-electron chi connectivity index (χ4n) is 1.55. The second-order valence-corrected chi connectivity index (χ2v) is 4.42. The van der Waals surface area contributed by atoms with Gasteiger partial charge in [-0.05, 0) is 24.6 Å². The van der Waals surface area contributed by atoms with Crippen LogP contribution in [-0.4, -0.2) is 19.6 Å². The van der Waals surface area contributed by atoms with Crippen LogP contribution in [-0.2, 0) is 4.79 Å². The highest BCUT2D eigenvalue weighted by Crippen LogP contribution is 2.34. The summed E-state index contributed by atoms with van der Waals surface area (Å²) in [5, 5.41) is 0.153.